The lowest BCUT2D eigenvalue weighted by molar-refractivity contribution is -0.144. The second-order valence-corrected chi connectivity index (χ2v) is 4.95. The van der Waals surface area contributed by atoms with Crippen molar-refractivity contribution in [1.29, 1.82) is 0 Å². The predicted molar refractivity (Wildman–Crippen MR) is 70.5 cm³/mol. The highest BCUT2D eigenvalue weighted by Gasteiger charge is 2.36. The number of carbonyl (C=O) groups excluding carboxylic acids is 1. The fourth-order valence-electron chi connectivity index (χ4n) is 2.65. The van der Waals surface area contributed by atoms with Gasteiger partial charge in [0.1, 0.15) is 17.7 Å². The van der Waals surface area contributed by atoms with Gasteiger partial charge in [-0.15, -0.1) is 0 Å². The average molecular weight is 298 g/mol. The lowest BCUT2D eigenvalue weighted by Crippen LogP contribution is -2.56. The van der Waals surface area contributed by atoms with Crippen LogP contribution in [0.25, 0.3) is 0 Å². The van der Waals surface area contributed by atoms with Crippen LogP contribution in [0.3, 0.4) is 0 Å². The van der Waals surface area contributed by atoms with Crippen molar-refractivity contribution >= 4 is 11.9 Å². The summed E-state index contributed by atoms with van der Waals surface area (Å²) in [5, 5.41) is 11.5. The molecule has 2 N–H and O–H groups in total. The van der Waals surface area contributed by atoms with E-state index in [-0.39, 0.29) is 5.56 Å². The summed E-state index contributed by atoms with van der Waals surface area (Å²) < 4.78 is 27.7. The Balaban J connectivity index is 2.32. The molecule has 7 heteroatoms. The first-order chi connectivity index (χ1) is 9.91. The molecule has 0 aromatic heterocycles. The van der Waals surface area contributed by atoms with Crippen LogP contribution in [0, 0.1) is 11.6 Å². The molecule has 1 fully saturated rings. The van der Waals surface area contributed by atoms with E-state index in [1.807, 2.05) is 0 Å². The summed E-state index contributed by atoms with van der Waals surface area (Å²) in [4.78, 5) is 24.3. The molecule has 1 aromatic carbocycles. The molecule has 2 unspecified atom stereocenters. The number of piperazine rings is 1. The zero-order valence-corrected chi connectivity index (χ0v) is 11.5. The Morgan fingerprint density at radius 2 is 2.10 bits per heavy atom. The number of carbonyl (C=O) groups is 2. The van der Waals surface area contributed by atoms with Gasteiger partial charge in [-0.2, -0.15) is 0 Å². The monoisotopic (exact) mass is 298 g/mol. The number of nitrogens with one attached hydrogen (secondary N) is 1. The second kappa shape index (κ2) is 6.17. The lowest BCUT2D eigenvalue weighted by Gasteiger charge is -2.38. The Hall–Kier alpha value is -2.02. The number of nitrogens with zero attached hydrogens (tertiary/aromatic N) is 1. The summed E-state index contributed by atoms with van der Waals surface area (Å²) in [7, 11) is 0. The summed E-state index contributed by atoms with van der Waals surface area (Å²) in [6.45, 7) is 2.21. The van der Waals surface area contributed by atoms with E-state index in [0.29, 0.717) is 13.1 Å². The first-order valence-electron chi connectivity index (χ1n) is 6.61. The summed E-state index contributed by atoms with van der Waals surface area (Å²) >= 11 is 0. The van der Waals surface area contributed by atoms with Crippen LogP contribution in [0.2, 0.25) is 0 Å². The van der Waals surface area contributed by atoms with E-state index in [9.17, 15) is 18.4 Å². The van der Waals surface area contributed by atoms with Crippen LogP contribution in [0.15, 0.2) is 18.2 Å². The van der Waals surface area contributed by atoms with Crippen molar-refractivity contribution in [2.24, 2.45) is 0 Å². The standard InChI is InChI=1S/C14H16F2N2O3/c1-8(13-9(15)3-2-4-10(13)16)18-6-5-17-14(21)11(18)7-12(19)20/h2-4,8,11H,5-7H2,1H3,(H,17,21)(H,19,20). The molecular weight excluding hydrogens is 282 g/mol. The molecular formula is C14H16F2N2O3. The summed E-state index contributed by atoms with van der Waals surface area (Å²) in [6, 6.07) is 1.88. The third kappa shape index (κ3) is 3.18. The van der Waals surface area contributed by atoms with Gasteiger partial charge in [-0.1, -0.05) is 6.07 Å². The molecule has 114 valence electrons. The Morgan fingerprint density at radius 1 is 1.48 bits per heavy atom. The normalized spacial score (nSPS) is 20.9. The van der Waals surface area contributed by atoms with Gasteiger partial charge in [0.2, 0.25) is 5.91 Å². The number of benzene rings is 1. The third-order valence-corrected chi connectivity index (χ3v) is 3.66. The van der Waals surface area contributed by atoms with Gasteiger partial charge in [-0.25, -0.2) is 8.78 Å². The zero-order valence-electron chi connectivity index (χ0n) is 11.5. The predicted octanol–water partition coefficient (Wildman–Crippen LogP) is 1.30. The molecule has 2 rings (SSSR count). The number of carboxylic acid groups (broad SMARTS) is 1. The minimum absolute atomic E-state index is 0.150. The number of aliphatic carboxylic acids is 1. The number of halogens is 2. The first-order valence-corrected chi connectivity index (χ1v) is 6.61. The van der Waals surface area contributed by atoms with E-state index in [1.54, 1.807) is 6.92 Å². The minimum Gasteiger partial charge on any atom is -0.481 e. The summed E-state index contributed by atoms with van der Waals surface area (Å²) in [5.41, 5.74) is -0.150. The highest BCUT2D eigenvalue weighted by atomic mass is 19.1. The number of carboxylic acids is 1. The van der Waals surface area contributed by atoms with Gasteiger partial charge < -0.3 is 10.4 Å². The topological polar surface area (TPSA) is 69.6 Å². The van der Waals surface area contributed by atoms with Crippen LogP contribution in [-0.2, 0) is 9.59 Å². The van der Waals surface area contributed by atoms with E-state index >= 15 is 0 Å². The molecule has 5 nitrogen and oxygen atoms in total. The highest BCUT2D eigenvalue weighted by molar-refractivity contribution is 5.86. The molecule has 1 aromatic rings. The van der Waals surface area contributed by atoms with Crippen LogP contribution in [-0.4, -0.2) is 41.0 Å². The van der Waals surface area contributed by atoms with Crippen molar-refractivity contribution in [3.05, 3.63) is 35.4 Å². The molecule has 0 saturated carbocycles. The maximum Gasteiger partial charge on any atom is 0.305 e. The van der Waals surface area contributed by atoms with Gasteiger partial charge >= 0.3 is 5.97 Å². The molecule has 0 bridgehead atoms. The van der Waals surface area contributed by atoms with Crippen LogP contribution in [0.4, 0.5) is 8.78 Å². The maximum absolute atomic E-state index is 13.9. The van der Waals surface area contributed by atoms with Crippen molar-refractivity contribution in [3.63, 3.8) is 0 Å². The van der Waals surface area contributed by atoms with Crippen molar-refractivity contribution < 1.29 is 23.5 Å². The third-order valence-electron chi connectivity index (χ3n) is 3.66. The maximum atomic E-state index is 13.9. The van der Waals surface area contributed by atoms with Gasteiger partial charge in [0, 0.05) is 24.7 Å². The molecule has 1 aliphatic heterocycles. The van der Waals surface area contributed by atoms with Crippen molar-refractivity contribution in [2.45, 2.75) is 25.4 Å². The van der Waals surface area contributed by atoms with E-state index in [2.05, 4.69) is 5.32 Å². The molecule has 2 atom stereocenters. The number of hydrogen-bond donors (Lipinski definition) is 2. The molecule has 1 heterocycles. The minimum atomic E-state index is -1.14. The largest absolute Gasteiger partial charge is 0.481 e. The van der Waals surface area contributed by atoms with Crippen LogP contribution >= 0.6 is 0 Å². The van der Waals surface area contributed by atoms with E-state index in [0.717, 1.165) is 12.1 Å². The average Bonchev–Trinajstić information content (AvgIpc) is 2.40. The van der Waals surface area contributed by atoms with Crippen molar-refractivity contribution in [2.75, 3.05) is 13.1 Å². The molecule has 1 saturated heterocycles. The Labute approximate surface area is 120 Å². The quantitative estimate of drug-likeness (QED) is 0.879. The molecule has 0 spiro atoms. The molecule has 21 heavy (non-hydrogen) atoms. The van der Waals surface area contributed by atoms with Gasteiger partial charge in [0.15, 0.2) is 0 Å². The highest BCUT2D eigenvalue weighted by Crippen LogP contribution is 2.29. The zero-order chi connectivity index (χ0) is 15.6. The lowest BCUT2D eigenvalue weighted by atomic mass is 10.00. The SMILES string of the molecule is CC(c1c(F)cccc1F)N1CCNC(=O)C1CC(=O)O. The smallest absolute Gasteiger partial charge is 0.305 e. The Bertz CT molecular complexity index is 545. The number of amides is 1. The van der Waals surface area contributed by atoms with Crippen LogP contribution in [0.5, 0.6) is 0 Å². The number of hydrogen-bond acceptors (Lipinski definition) is 3. The van der Waals surface area contributed by atoms with Crippen molar-refractivity contribution in [1.82, 2.24) is 10.2 Å². The molecule has 1 amide bonds. The molecule has 0 aliphatic carbocycles. The first kappa shape index (κ1) is 15.4. The van der Waals surface area contributed by atoms with E-state index in [4.69, 9.17) is 5.11 Å². The van der Waals surface area contributed by atoms with E-state index < -0.39 is 42.0 Å². The number of rotatable bonds is 4. The van der Waals surface area contributed by atoms with Crippen molar-refractivity contribution in [3.8, 4) is 0 Å². The molecule has 0 radical (unpaired) electrons. The van der Waals surface area contributed by atoms with E-state index in [1.165, 1.54) is 11.0 Å². The van der Waals surface area contributed by atoms with Gasteiger partial charge in [0.25, 0.3) is 0 Å². The summed E-state index contributed by atoms with van der Waals surface area (Å²) in [6.07, 6.45) is -0.410. The fraction of sp³-hybridized carbons (Fsp3) is 0.429. The summed E-state index contributed by atoms with van der Waals surface area (Å²) in [5.74, 6) is -2.99. The van der Waals surface area contributed by atoms with Gasteiger partial charge in [0.05, 0.1) is 6.42 Å². The second-order valence-electron chi connectivity index (χ2n) is 4.95. The van der Waals surface area contributed by atoms with Gasteiger partial charge in [-0.05, 0) is 19.1 Å². The van der Waals surface area contributed by atoms with Gasteiger partial charge in [-0.3, -0.25) is 14.5 Å². The fourth-order valence-corrected chi connectivity index (χ4v) is 2.65. The Morgan fingerprint density at radius 3 is 2.67 bits per heavy atom. The Kier molecular flexibility index (Phi) is 4.52. The van der Waals surface area contributed by atoms with Crippen LogP contribution in [0.1, 0.15) is 24.9 Å². The van der Waals surface area contributed by atoms with Crippen LogP contribution < -0.4 is 5.32 Å². The molecule has 1 aliphatic rings.